The van der Waals surface area contributed by atoms with Crippen LogP contribution in [0.5, 0.6) is 0 Å². The number of likely N-dealkylation sites (N-methyl/N-ethyl adjacent to an activating group) is 1. The standard InChI is InChI=1S/C20H27FN4/c1-4-22-20(23-14-16-8-6-5-7-9-16)24-15-19(25(2)3)17-10-12-18(21)13-11-17/h5-13,19H,4,14-15H2,1-3H3,(H2,22,23,24). The fourth-order valence-electron chi connectivity index (χ4n) is 2.57. The molecule has 0 radical (unpaired) electrons. The highest BCUT2D eigenvalue weighted by molar-refractivity contribution is 5.79. The zero-order valence-corrected chi connectivity index (χ0v) is 15.2. The number of aliphatic imine (C=N–C) groups is 1. The van der Waals surface area contributed by atoms with Crippen molar-refractivity contribution < 1.29 is 4.39 Å². The van der Waals surface area contributed by atoms with E-state index in [0.29, 0.717) is 13.1 Å². The van der Waals surface area contributed by atoms with Gasteiger partial charge in [-0.3, -0.25) is 0 Å². The largest absolute Gasteiger partial charge is 0.357 e. The lowest BCUT2D eigenvalue weighted by molar-refractivity contribution is 0.298. The average Bonchev–Trinajstić information content (AvgIpc) is 2.62. The van der Waals surface area contributed by atoms with Crippen molar-refractivity contribution in [2.75, 3.05) is 27.2 Å². The predicted molar refractivity (Wildman–Crippen MR) is 102 cm³/mol. The molecule has 134 valence electrons. The van der Waals surface area contributed by atoms with Crippen molar-refractivity contribution in [1.29, 1.82) is 0 Å². The topological polar surface area (TPSA) is 39.7 Å². The Morgan fingerprint density at radius 1 is 1.04 bits per heavy atom. The molecule has 2 aromatic carbocycles. The van der Waals surface area contributed by atoms with E-state index in [9.17, 15) is 4.39 Å². The smallest absolute Gasteiger partial charge is 0.191 e. The summed E-state index contributed by atoms with van der Waals surface area (Å²) in [6.45, 7) is 4.14. The molecule has 1 unspecified atom stereocenters. The van der Waals surface area contributed by atoms with Crippen LogP contribution in [-0.4, -0.2) is 38.0 Å². The van der Waals surface area contributed by atoms with E-state index in [1.807, 2.05) is 51.4 Å². The summed E-state index contributed by atoms with van der Waals surface area (Å²) in [5, 5.41) is 6.66. The first-order chi connectivity index (χ1) is 12.1. The quantitative estimate of drug-likeness (QED) is 0.600. The first-order valence-electron chi connectivity index (χ1n) is 8.58. The summed E-state index contributed by atoms with van der Waals surface area (Å²) >= 11 is 0. The molecule has 5 heteroatoms. The van der Waals surface area contributed by atoms with Gasteiger partial charge >= 0.3 is 0 Å². The first kappa shape index (κ1) is 18.9. The van der Waals surface area contributed by atoms with Crippen LogP contribution < -0.4 is 10.6 Å². The van der Waals surface area contributed by atoms with Crippen LogP contribution in [0, 0.1) is 5.82 Å². The molecule has 2 N–H and O–H groups in total. The van der Waals surface area contributed by atoms with Crippen LogP contribution in [-0.2, 0) is 6.54 Å². The van der Waals surface area contributed by atoms with Crippen molar-refractivity contribution in [2.45, 2.75) is 19.5 Å². The third-order valence-corrected chi connectivity index (χ3v) is 3.95. The molecule has 4 nitrogen and oxygen atoms in total. The molecule has 0 aliphatic heterocycles. The summed E-state index contributed by atoms with van der Waals surface area (Å²) < 4.78 is 13.2. The van der Waals surface area contributed by atoms with Crippen LogP contribution in [0.4, 0.5) is 4.39 Å². The highest BCUT2D eigenvalue weighted by atomic mass is 19.1. The van der Waals surface area contributed by atoms with Crippen LogP contribution in [0.1, 0.15) is 24.1 Å². The minimum atomic E-state index is -0.216. The van der Waals surface area contributed by atoms with Crippen molar-refractivity contribution in [3.8, 4) is 0 Å². The number of rotatable bonds is 7. The summed E-state index contributed by atoms with van der Waals surface area (Å²) in [6.07, 6.45) is 0. The van der Waals surface area contributed by atoms with E-state index in [2.05, 4.69) is 32.7 Å². The zero-order chi connectivity index (χ0) is 18.1. The number of nitrogens with one attached hydrogen (secondary N) is 2. The molecule has 0 bridgehead atoms. The molecule has 0 saturated carbocycles. The van der Waals surface area contributed by atoms with E-state index >= 15 is 0 Å². The molecule has 1 atom stereocenters. The minimum absolute atomic E-state index is 0.126. The fraction of sp³-hybridized carbons (Fsp3) is 0.350. The summed E-state index contributed by atoms with van der Waals surface area (Å²) in [6, 6.07) is 16.9. The van der Waals surface area contributed by atoms with Gasteiger partial charge < -0.3 is 15.5 Å². The van der Waals surface area contributed by atoms with Gasteiger partial charge in [-0.2, -0.15) is 0 Å². The van der Waals surface area contributed by atoms with Gasteiger partial charge in [0.15, 0.2) is 5.96 Å². The molecule has 0 aliphatic carbocycles. The van der Waals surface area contributed by atoms with E-state index < -0.39 is 0 Å². The van der Waals surface area contributed by atoms with Gasteiger partial charge in [-0.1, -0.05) is 42.5 Å². The Labute approximate surface area is 149 Å². The van der Waals surface area contributed by atoms with Gasteiger partial charge in [0.05, 0.1) is 12.6 Å². The maximum atomic E-state index is 13.2. The third-order valence-electron chi connectivity index (χ3n) is 3.95. The van der Waals surface area contributed by atoms with Crippen LogP contribution in [0.15, 0.2) is 59.6 Å². The van der Waals surface area contributed by atoms with Gasteiger partial charge in [-0.05, 0) is 44.3 Å². The van der Waals surface area contributed by atoms with E-state index in [-0.39, 0.29) is 11.9 Å². The Bertz CT molecular complexity index is 653. The molecule has 0 aromatic heterocycles. The summed E-state index contributed by atoms with van der Waals surface area (Å²) in [7, 11) is 4.04. The van der Waals surface area contributed by atoms with E-state index in [1.54, 1.807) is 0 Å². The van der Waals surface area contributed by atoms with Gasteiger partial charge in [0.1, 0.15) is 5.82 Å². The third kappa shape index (κ3) is 6.19. The maximum absolute atomic E-state index is 13.2. The molecule has 0 aliphatic rings. The number of benzene rings is 2. The lowest BCUT2D eigenvalue weighted by Crippen LogP contribution is -2.41. The Morgan fingerprint density at radius 3 is 2.32 bits per heavy atom. The van der Waals surface area contributed by atoms with Gasteiger partial charge in [0.25, 0.3) is 0 Å². The SMILES string of the molecule is CCNC(=NCc1ccccc1)NCC(c1ccc(F)cc1)N(C)C. The van der Waals surface area contributed by atoms with Crippen molar-refractivity contribution >= 4 is 5.96 Å². The van der Waals surface area contributed by atoms with Gasteiger partial charge in [0, 0.05) is 13.1 Å². The van der Waals surface area contributed by atoms with Crippen LogP contribution >= 0.6 is 0 Å². The monoisotopic (exact) mass is 342 g/mol. The average molecular weight is 342 g/mol. The Balaban J connectivity index is 2.03. The van der Waals surface area contributed by atoms with Crippen LogP contribution in [0.3, 0.4) is 0 Å². The highest BCUT2D eigenvalue weighted by Gasteiger charge is 2.14. The molecular formula is C20H27FN4. The summed E-state index contributed by atoms with van der Waals surface area (Å²) in [4.78, 5) is 6.75. The van der Waals surface area contributed by atoms with Crippen molar-refractivity contribution in [2.24, 2.45) is 4.99 Å². The molecular weight excluding hydrogens is 315 g/mol. The Kier molecular flexibility index (Phi) is 7.41. The Hall–Kier alpha value is -2.40. The normalized spacial score (nSPS) is 12.9. The fourth-order valence-corrected chi connectivity index (χ4v) is 2.57. The van der Waals surface area contributed by atoms with Crippen molar-refractivity contribution in [3.63, 3.8) is 0 Å². The van der Waals surface area contributed by atoms with E-state index in [4.69, 9.17) is 0 Å². The minimum Gasteiger partial charge on any atom is -0.357 e. The number of nitrogens with zero attached hydrogens (tertiary/aromatic N) is 2. The number of hydrogen-bond acceptors (Lipinski definition) is 2. The van der Waals surface area contributed by atoms with Gasteiger partial charge in [-0.25, -0.2) is 9.38 Å². The van der Waals surface area contributed by atoms with Crippen molar-refractivity contribution in [3.05, 3.63) is 71.5 Å². The second kappa shape index (κ2) is 9.79. The van der Waals surface area contributed by atoms with E-state index in [0.717, 1.165) is 18.1 Å². The molecule has 25 heavy (non-hydrogen) atoms. The molecule has 0 fully saturated rings. The molecule has 0 spiro atoms. The van der Waals surface area contributed by atoms with Gasteiger partial charge in [0.2, 0.25) is 0 Å². The highest BCUT2D eigenvalue weighted by Crippen LogP contribution is 2.17. The van der Waals surface area contributed by atoms with Crippen LogP contribution in [0.2, 0.25) is 0 Å². The lowest BCUT2D eigenvalue weighted by atomic mass is 10.1. The molecule has 2 aromatic rings. The zero-order valence-electron chi connectivity index (χ0n) is 15.2. The number of guanidine groups is 1. The predicted octanol–water partition coefficient (Wildman–Crippen LogP) is 3.18. The second-order valence-electron chi connectivity index (χ2n) is 6.09. The molecule has 2 rings (SSSR count). The van der Waals surface area contributed by atoms with Gasteiger partial charge in [-0.15, -0.1) is 0 Å². The lowest BCUT2D eigenvalue weighted by Gasteiger charge is -2.26. The summed E-state index contributed by atoms with van der Waals surface area (Å²) in [5.41, 5.74) is 2.24. The molecule has 0 heterocycles. The number of halogens is 1. The molecule has 0 amide bonds. The summed E-state index contributed by atoms with van der Waals surface area (Å²) in [5.74, 6) is 0.562. The second-order valence-corrected chi connectivity index (χ2v) is 6.09. The maximum Gasteiger partial charge on any atom is 0.191 e. The van der Waals surface area contributed by atoms with Crippen molar-refractivity contribution in [1.82, 2.24) is 15.5 Å². The van der Waals surface area contributed by atoms with E-state index in [1.165, 1.54) is 17.7 Å². The Morgan fingerprint density at radius 2 is 1.72 bits per heavy atom. The molecule has 0 saturated heterocycles. The number of hydrogen-bond donors (Lipinski definition) is 2. The first-order valence-corrected chi connectivity index (χ1v) is 8.58. The van der Waals surface area contributed by atoms with Crippen LogP contribution in [0.25, 0.3) is 0 Å².